The molecule has 21 heavy (non-hydrogen) atoms. The third-order valence-corrected chi connectivity index (χ3v) is 5.21. The lowest BCUT2D eigenvalue weighted by Crippen LogP contribution is -2.39. The summed E-state index contributed by atoms with van der Waals surface area (Å²) in [5.74, 6) is -0.333. The molecular formula is C15H25N3O2S. The minimum absolute atomic E-state index is 0.0662. The van der Waals surface area contributed by atoms with Gasteiger partial charge in [-0.2, -0.15) is 0 Å². The number of carboxylic acids is 1. The zero-order valence-electron chi connectivity index (χ0n) is 13.2. The third kappa shape index (κ3) is 3.80. The molecule has 0 aliphatic carbocycles. The van der Waals surface area contributed by atoms with Crippen molar-refractivity contribution in [2.24, 2.45) is 0 Å². The highest BCUT2D eigenvalue weighted by Gasteiger charge is 2.28. The van der Waals surface area contributed by atoms with Crippen molar-refractivity contribution in [3.8, 4) is 0 Å². The molecule has 0 bridgehead atoms. The summed E-state index contributed by atoms with van der Waals surface area (Å²) >= 11 is 1.33. The van der Waals surface area contributed by atoms with Crippen molar-refractivity contribution in [2.75, 3.05) is 19.3 Å². The number of hydrogen-bond acceptors (Lipinski definition) is 4. The molecule has 6 heteroatoms. The van der Waals surface area contributed by atoms with E-state index in [1.165, 1.54) is 17.5 Å². The van der Waals surface area contributed by atoms with E-state index in [4.69, 9.17) is 5.11 Å². The SMILES string of the molecule is CC(C)c1cnc(SCC(=O)O)n1C1CCN(C)C(C)C1. The lowest BCUT2D eigenvalue weighted by molar-refractivity contribution is -0.133. The van der Waals surface area contributed by atoms with Crippen molar-refractivity contribution in [2.45, 2.75) is 56.8 Å². The number of aromatic nitrogens is 2. The van der Waals surface area contributed by atoms with Gasteiger partial charge in [-0.25, -0.2) is 4.98 Å². The Morgan fingerprint density at radius 1 is 1.57 bits per heavy atom. The van der Waals surface area contributed by atoms with Crippen LogP contribution in [0.4, 0.5) is 0 Å². The number of imidazole rings is 1. The second-order valence-corrected chi connectivity index (χ2v) is 7.12. The van der Waals surface area contributed by atoms with Gasteiger partial charge < -0.3 is 14.6 Å². The molecule has 1 aliphatic heterocycles. The van der Waals surface area contributed by atoms with E-state index in [9.17, 15) is 4.79 Å². The smallest absolute Gasteiger partial charge is 0.313 e. The second-order valence-electron chi connectivity index (χ2n) is 6.18. The Hall–Kier alpha value is -1.01. The zero-order chi connectivity index (χ0) is 15.6. The monoisotopic (exact) mass is 311 g/mol. The van der Waals surface area contributed by atoms with Gasteiger partial charge >= 0.3 is 5.97 Å². The summed E-state index contributed by atoms with van der Waals surface area (Å²) in [7, 11) is 2.16. The van der Waals surface area contributed by atoms with Crippen LogP contribution in [0.2, 0.25) is 0 Å². The third-order valence-electron chi connectivity index (χ3n) is 4.25. The van der Waals surface area contributed by atoms with Gasteiger partial charge in [-0.3, -0.25) is 4.79 Å². The van der Waals surface area contributed by atoms with Crippen molar-refractivity contribution < 1.29 is 9.90 Å². The molecule has 2 rings (SSSR count). The number of piperidine rings is 1. The van der Waals surface area contributed by atoms with Gasteiger partial charge in [0.25, 0.3) is 0 Å². The van der Waals surface area contributed by atoms with Gasteiger partial charge in [0.2, 0.25) is 0 Å². The predicted molar refractivity (Wildman–Crippen MR) is 85.0 cm³/mol. The topological polar surface area (TPSA) is 58.4 Å². The summed E-state index contributed by atoms with van der Waals surface area (Å²) in [4.78, 5) is 17.7. The number of carboxylic acid groups (broad SMARTS) is 1. The molecule has 1 aromatic rings. The first-order chi connectivity index (χ1) is 9.90. The van der Waals surface area contributed by atoms with Crippen molar-refractivity contribution in [3.05, 3.63) is 11.9 Å². The Labute approximate surface area is 130 Å². The lowest BCUT2D eigenvalue weighted by Gasteiger charge is -2.37. The Bertz CT molecular complexity index is 501. The van der Waals surface area contributed by atoms with Crippen LogP contribution in [0, 0.1) is 0 Å². The molecule has 1 aliphatic rings. The van der Waals surface area contributed by atoms with Gasteiger partial charge in [-0.05, 0) is 32.7 Å². The molecule has 2 unspecified atom stereocenters. The Morgan fingerprint density at radius 3 is 2.86 bits per heavy atom. The largest absolute Gasteiger partial charge is 0.481 e. The number of carbonyl (C=O) groups is 1. The second kappa shape index (κ2) is 6.83. The summed E-state index contributed by atoms with van der Waals surface area (Å²) in [5, 5.41) is 9.75. The number of thioether (sulfide) groups is 1. The molecule has 2 atom stereocenters. The fourth-order valence-corrected chi connectivity index (χ4v) is 3.66. The van der Waals surface area contributed by atoms with Crippen LogP contribution in [0.3, 0.4) is 0 Å². The molecule has 1 saturated heterocycles. The number of nitrogens with zero attached hydrogens (tertiary/aromatic N) is 3. The summed E-state index contributed by atoms with van der Waals surface area (Å²) in [6.45, 7) is 7.65. The maximum absolute atomic E-state index is 10.8. The van der Waals surface area contributed by atoms with E-state index >= 15 is 0 Å². The van der Waals surface area contributed by atoms with Crippen LogP contribution >= 0.6 is 11.8 Å². The molecule has 5 nitrogen and oxygen atoms in total. The predicted octanol–water partition coefficient (Wildman–Crippen LogP) is 2.84. The summed E-state index contributed by atoms with van der Waals surface area (Å²) in [5.41, 5.74) is 1.21. The van der Waals surface area contributed by atoms with Crippen LogP contribution in [0.5, 0.6) is 0 Å². The molecule has 0 radical (unpaired) electrons. The van der Waals surface area contributed by atoms with E-state index in [-0.39, 0.29) is 5.75 Å². The van der Waals surface area contributed by atoms with E-state index in [2.05, 4.69) is 42.3 Å². The first kappa shape index (κ1) is 16.4. The van der Waals surface area contributed by atoms with Gasteiger partial charge in [0.05, 0.1) is 5.75 Å². The number of likely N-dealkylation sites (tertiary alicyclic amines) is 1. The zero-order valence-corrected chi connectivity index (χ0v) is 14.1. The number of aliphatic carboxylic acids is 1. The number of hydrogen-bond donors (Lipinski definition) is 1. The van der Waals surface area contributed by atoms with Gasteiger partial charge in [-0.15, -0.1) is 0 Å². The summed E-state index contributed by atoms with van der Waals surface area (Å²) in [6, 6.07) is 0.968. The molecule has 1 fully saturated rings. The molecule has 0 saturated carbocycles. The maximum Gasteiger partial charge on any atom is 0.313 e. The molecule has 1 N–H and O–H groups in total. The average Bonchev–Trinajstić information content (AvgIpc) is 2.83. The summed E-state index contributed by atoms with van der Waals surface area (Å²) in [6.07, 6.45) is 4.10. The van der Waals surface area contributed by atoms with Crippen LogP contribution in [-0.4, -0.2) is 50.9 Å². The van der Waals surface area contributed by atoms with E-state index in [1.807, 2.05) is 6.20 Å². The summed E-state index contributed by atoms with van der Waals surface area (Å²) < 4.78 is 2.29. The van der Waals surface area contributed by atoms with E-state index in [1.54, 1.807) is 0 Å². The molecule has 0 aromatic carbocycles. The van der Waals surface area contributed by atoms with Crippen LogP contribution in [0.15, 0.2) is 11.4 Å². The first-order valence-electron chi connectivity index (χ1n) is 7.52. The van der Waals surface area contributed by atoms with Gasteiger partial charge in [-0.1, -0.05) is 25.6 Å². The highest BCUT2D eigenvalue weighted by molar-refractivity contribution is 7.99. The number of rotatable bonds is 5. The minimum atomic E-state index is -0.794. The highest BCUT2D eigenvalue weighted by Crippen LogP contribution is 2.34. The standard InChI is InChI=1S/C15H25N3O2S/c1-10(2)13-8-16-15(21-9-14(19)20)18(13)12-5-6-17(4)11(3)7-12/h8,10-12H,5-7,9H2,1-4H3,(H,19,20). The molecule has 0 amide bonds. The molecule has 1 aromatic heterocycles. The fraction of sp³-hybridized carbons (Fsp3) is 0.733. The fourth-order valence-electron chi connectivity index (χ4n) is 2.88. The molecule has 0 spiro atoms. The Balaban J connectivity index is 2.26. The molecular weight excluding hydrogens is 286 g/mol. The van der Waals surface area contributed by atoms with Crippen LogP contribution in [-0.2, 0) is 4.79 Å². The Kier molecular flexibility index (Phi) is 5.32. The quantitative estimate of drug-likeness (QED) is 0.847. The maximum atomic E-state index is 10.8. The first-order valence-corrected chi connectivity index (χ1v) is 8.50. The normalized spacial score (nSPS) is 23.7. The highest BCUT2D eigenvalue weighted by atomic mass is 32.2. The molecule has 118 valence electrons. The van der Waals surface area contributed by atoms with Crippen molar-refractivity contribution in [1.29, 1.82) is 0 Å². The van der Waals surface area contributed by atoms with Crippen LogP contribution in [0.25, 0.3) is 0 Å². The van der Waals surface area contributed by atoms with Crippen molar-refractivity contribution in [3.63, 3.8) is 0 Å². The van der Waals surface area contributed by atoms with Crippen LogP contribution in [0.1, 0.15) is 51.3 Å². The van der Waals surface area contributed by atoms with Crippen molar-refractivity contribution in [1.82, 2.24) is 14.5 Å². The minimum Gasteiger partial charge on any atom is -0.481 e. The van der Waals surface area contributed by atoms with Crippen LogP contribution < -0.4 is 0 Å². The average molecular weight is 311 g/mol. The van der Waals surface area contributed by atoms with Gasteiger partial charge in [0.1, 0.15) is 0 Å². The van der Waals surface area contributed by atoms with Gasteiger partial charge in [0.15, 0.2) is 5.16 Å². The van der Waals surface area contributed by atoms with E-state index in [0.29, 0.717) is 18.0 Å². The Morgan fingerprint density at radius 2 is 2.29 bits per heavy atom. The van der Waals surface area contributed by atoms with E-state index in [0.717, 1.165) is 24.5 Å². The molecule has 2 heterocycles. The lowest BCUT2D eigenvalue weighted by atomic mass is 9.98. The van der Waals surface area contributed by atoms with Crippen molar-refractivity contribution >= 4 is 17.7 Å². The van der Waals surface area contributed by atoms with E-state index < -0.39 is 5.97 Å². The van der Waals surface area contributed by atoms with Gasteiger partial charge in [0, 0.05) is 30.5 Å².